The highest BCUT2D eigenvalue weighted by Gasteiger charge is 2.10. The first-order chi connectivity index (χ1) is 14.7. The Labute approximate surface area is 174 Å². The number of para-hydroxylation sites is 2. The highest BCUT2D eigenvalue weighted by Crippen LogP contribution is 2.34. The Hall–Kier alpha value is -3.64. The van der Waals surface area contributed by atoms with Crippen molar-refractivity contribution in [1.29, 1.82) is 0 Å². The number of nitrogens with zero attached hydrogens (tertiary/aromatic N) is 1. The van der Waals surface area contributed by atoms with E-state index in [9.17, 15) is 9.90 Å². The van der Waals surface area contributed by atoms with Crippen molar-refractivity contribution >= 4 is 44.8 Å². The first-order valence-corrected chi connectivity index (χ1v) is 9.86. The molecule has 0 aliphatic carbocycles. The van der Waals surface area contributed by atoms with Gasteiger partial charge in [0.25, 0.3) is 0 Å². The van der Waals surface area contributed by atoms with Crippen LogP contribution in [-0.4, -0.2) is 29.2 Å². The van der Waals surface area contributed by atoms with E-state index in [-0.39, 0.29) is 19.1 Å². The van der Waals surface area contributed by atoms with Gasteiger partial charge in [0.15, 0.2) is 0 Å². The lowest BCUT2D eigenvalue weighted by molar-refractivity contribution is -0.140. The van der Waals surface area contributed by atoms with Crippen LogP contribution in [0.5, 0.6) is 0 Å². The zero-order valence-electron chi connectivity index (χ0n) is 16.7. The van der Waals surface area contributed by atoms with Crippen LogP contribution in [0.15, 0.2) is 66.7 Å². The van der Waals surface area contributed by atoms with Crippen LogP contribution in [-0.2, 0) is 16.1 Å². The molecule has 30 heavy (non-hydrogen) atoms. The molecule has 0 aliphatic heterocycles. The van der Waals surface area contributed by atoms with Crippen molar-refractivity contribution in [3.8, 4) is 0 Å². The van der Waals surface area contributed by atoms with Crippen LogP contribution in [0.2, 0.25) is 0 Å². The van der Waals surface area contributed by atoms with Gasteiger partial charge < -0.3 is 20.5 Å². The van der Waals surface area contributed by atoms with Gasteiger partial charge in [-0.15, -0.1) is 0 Å². The maximum absolute atomic E-state index is 11.7. The van der Waals surface area contributed by atoms with Crippen LogP contribution in [0.25, 0.3) is 21.8 Å². The van der Waals surface area contributed by atoms with Crippen molar-refractivity contribution in [3.63, 3.8) is 0 Å². The Morgan fingerprint density at radius 1 is 0.967 bits per heavy atom. The number of ether oxygens (including phenoxy) is 1. The van der Waals surface area contributed by atoms with E-state index >= 15 is 0 Å². The molecule has 0 spiro atoms. The first-order valence-electron chi connectivity index (χ1n) is 9.86. The predicted molar refractivity (Wildman–Crippen MR) is 120 cm³/mol. The van der Waals surface area contributed by atoms with Crippen molar-refractivity contribution in [2.45, 2.75) is 13.5 Å². The minimum absolute atomic E-state index is 0.0588. The Balaban J connectivity index is 1.74. The fourth-order valence-corrected chi connectivity index (χ4v) is 3.46. The summed E-state index contributed by atoms with van der Waals surface area (Å²) in [6.45, 7) is 2.06. The van der Waals surface area contributed by atoms with Gasteiger partial charge in [-0.2, -0.15) is 0 Å². The lowest BCUT2D eigenvalue weighted by Crippen LogP contribution is -2.16. The van der Waals surface area contributed by atoms with Crippen LogP contribution in [0.4, 0.5) is 17.1 Å². The second-order valence-electron chi connectivity index (χ2n) is 6.88. The standard InChI is InChI=1S/C24H23N3O3/c1-2-30-23(29)14-25-17-11-16(15-28)12-18(13-17)26-24-19-7-3-5-9-21(19)27-22-10-6-4-8-20(22)24/h3-13,25,28H,2,14-15H2,1H3,(H,26,27). The number of aromatic nitrogens is 1. The van der Waals surface area contributed by atoms with E-state index < -0.39 is 0 Å². The quantitative estimate of drug-likeness (QED) is 0.310. The molecule has 0 saturated carbocycles. The topological polar surface area (TPSA) is 83.5 Å². The maximum atomic E-state index is 11.7. The fourth-order valence-electron chi connectivity index (χ4n) is 3.46. The summed E-state index contributed by atoms with van der Waals surface area (Å²) in [6.07, 6.45) is 0. The summed E-state index contributed by atoms with van der Waals surface area (Å²) in [5, 5.41) is 18.3. The van der Waals surface area contributed by atoms with Crippen LogP contribution in [0.1, 0.15) is 12.5 Å². The van der Waals surface area contributed by atoms with Crippen molar-refractivity contribution in [3.05, 3.63) is 72.3 Å². The molecule has 1 heterocycles. The largest absolute Gasteiger partial charge is 0.465 e. The van der Waals surface area contributed by atoms with Crippen LogP contribution >= 0.6 is 0 Å². The minimum Gasteiger partial charge on any atom is -0.465 e. The molecule has 6 nitrogen and oxygen atoms in total. The Morgan fingerprint density at radius 3 is 2.23 bits per heavy atom. The van der Waals surface area contributed by atoms with Crippen LogP contribution in [0.3, 0.4) is 0 Å². The smallest absolute Gasteiger partial charge is 0.325 e. The Morgan fingerprint density at radius 2 is 1.60 bits per heavy atom. The number of hydrogen-bond donors (Lipinski definition) is 3. The van der Waals surface area contributed by atoms with E-state index in [1.807, 2.05) is 66.7 Å². The molecule has 0 amide bonds. The summed E-state index contributed by atoms with van der Waals surface area (Å²) in [6, 6.07) is 21.6. The second-order valence-corrected chi connectivity index (χ2v) is 6.88. The van der Waals surface area contributed by atoms with Crippen molar-refractivity contribution < 1.29 is 14.6 Å². The van der Waals surface area contributed by atoms with Gasteiger partial charge in [-0.1, -0.05) is 36.4 Å². The number of benzene rings is 3. The fraction of sp³-hybridized carbons (Fsp3) is 0.167. The number of esters is 1. The molecule has 3 N–H and O–H groups in total. The van der Waals surface area contributed by atoms with Gasteiger partial charge in [0, 0.05) is 22.1 Å². The van der Waals surface area contributed by atoms with E-state index in [2.05, 4.69) is 10.6 Å². The summed E-state index contributed by atoms with van der Waals surface area (Å²) in [5.41, 5.74) is 5.00. The third-order valence-corrected chi connectivity index (χ3v) is 4.77. The number of aliphatic hydroxyl groups is 1. The molecule has 1 aromatic heterocycles. The molecule has 6 heteroatoms. The van der Waals surface area contributed by atoms with E-state index in [0.29, 0.717) is 6.61 Å². The minimum atomic E-state index is -0.326. The lowest BCUT2D eigenvalue weighted by Gasteiger charge is -2.16. The number of pyridine rings is 1. The van der Waals surface area contributed by atoms with Gasteiger partial charge in [-0.05, 0) is 42.8 Å². The Kier molecular flexibility index (Phi) is 5.77. The normalized spacial score (nSPS) is 10.9. The molecule has 0 radical (unpaired) electrons. The zero-order valence-corrected chi connectivity index (χ0v) is 16.7. The number of carbonyl (C=O) groups is 1. The predicted octanol–water partition coefficient (Wildman–Crippen LogP) is 4.60. The summed E-state index contributed by atoms with van der Waals surface area (Å²) >= 11 is 0. The molecular weight excluding hydrogens is 378 g/mol. The van der Waals surface area contributed by atoms with Crippen LogP contribution in [0, 0.1) is 0 Å². The molecule has 0 atom stereocenters. The van der Waals surface area contributed by atoms with Crippen molar-refractivity contribution in [1.82, 2.24) is 4.98 Å². The maximum Gasteiger partial charge on any atom is 0.325 e. The van der Waals surface area contributed by atoms with Gasteiger partial charge >= 0.3 is 5.97 Å². The summed E-state index contributed by atoms with van der Waals surface area (Å²) in [4.78, 5) is 16.4. The van der Waals surface area contributed by atoms with E-state index in [4.69, 9.17) is 9.72 Å². The van der Waals surface area contributed by atoms with E-state index in [1.54, 1.807) is 6.92 Å². The zero-order chi connectivity index (χ0) is 20.9. The molecule has 152 valence electrons. The molecular formula is C24H23N3O3. The molecule has 3 aromatic carbocycles. The number of carbonyl (C=O) groups excluding carboxylic acids is 1. The lowest BCUT2D eigenvalue weighted by atomic mass is 10.1. The monoisotopic (exact) mass is 401 g/mol. The van der Waals surface area contributed by atoms with E-state index in [1.165, 1.54) is 0 Å². The summed E-state index contributed by atoms with van der Waals surface area (Å²) < 4.78 is 4.97. The number of fused-ring (bicyclic) bond motifs is 2. The van der Waals surface area contributed by atoms with Crippen molar-refractivity contribution in [2.75, 3.05) is 23.8 Å². The van der Waals surface area contributed by atoms with Gasteiger partial charge in [0.05, 0.1) is 29.9 Å². The summed E-state index contributed by atoms with van der Waals surface area (Å²) in [5.74, 6) is -0.326. The first kappa shape index (κ1) is 19.7. The number of aliphatic hydroxyl groups excluding tert-OH is 1. The number of rotatable bonds is 7. The molecule has 0 bridgehead atoms. The third-order valence-electron chi connectivity index (χ3n) is 4.77. The molecule has 4 aromatic rings. The van der Waals surface area contributed by atoms with Gasteiger partial charge in [-0.25, -0.2) is 4.98 Å². The highest BCUT2D eigenvalue weighted by atomic mass is 16.5. The Bertz CT molecular complexity index is 1150. The second kappa shape index (κ2) is 8.80. The van der Waals surface area contributed by atoms with Crippen molar-refractivity contribution in [2.24, 2.45) is 0 Å². The number of nitrogens with one attached hydrogen (secondary N) is 2. The molecule has 0 saturated heterocycles. The molecule has 0 fully saturated rings. The average molecular weight is 401 g/mol. The average Bonchev–Trinajstić information content (AvgIpc) is 2.77. The molecule has 4 rings (SSSR count). The summed E-state index contributed by atoms with van der Waals surface area (Å²) in [7, 11) is 0. The molecule has 0 aliphatic rings. The highest BCUT2D eigenvalue weighted by molar-refractivity contribution is 6.08. The SMILES string of the molecule is CCOC(=O)CNc1cc(CO)cc(Nc2c3ccccc3nc3ccccc23)c1. The van der Waals surface area contributed by atoms with E-state index in [0.717, 1.165) is 44.4 Å². The third kappa shape index (κ3) is 4.18. The van der Waals surface area contributed by atoms with Gasteiger partial charge in [0.2, 0.25) is 0 Å². The van der Waals surface area contributed by atoms with Gasteiger partial charge in [0.1, 0.15) is 6.54 Å². The number of anilines is 3. The van der Waals surface area contributed by atoms with Crippen LogP contribution < -0.4 is 10.6 Å². The van der Waals surface area contributed by atoms with Gasteiger partial charge in [-0.3, -0.25) is 4.79 Å². The molecule has 0 unspecified atom stereocenters. The number of hydrogen-bond acceptors (Lipinski definition) is 6.